The average Bonchev–Trinajstić information content (AvgIpc) is 2.32. The second-order valence-electron chi connectivity index (χ2n) is 4.40. The zero-order valence-electron chi connectivity index (χ0n) is 10.9. The molecule has 0 atom stereocenters. The first-order valence-electron chi connectivity index (χ1n) is 5.91. The molecule has 0 aromatic heterocycles. The number of nitrogens with zero attached hydrogens (tertiary/aromatic N) is 1. The lowest BCUT2D eigenvalue weighted by atomic mass is 10.2. The molecule has 1 aromatic rings. The van der Waals surface area contributed by atoms with Crippen LogP contribution in [0.2, 0.25) is 0 Å². The van der Waals surface area contributed by atoms with E-state index in [0.29, 0.717) is 6.54 Å². The maximum absolute atomic E-state index is 11.9. The number of nitrogens with one attached hydrogen (secondary N) is 1. The van der Waals surface area contributed by atoms with Gasteiger partial charge in [0, 0.05) is 17.1 Å². The number of hydrogen-bond donors (Lipinski definition) is 2. The minimum Gasteiger partial charge on any atom is -0.480 e. The minimum atomic E-state index is -1.02. The molecule has 5 nitrogen and oxygen atoms in total. The zero-order chi connectivity index (χ0) is 14.4. The molecular formula is C13H17BrN2O3. The van der Waals surface area contributed by atoms with Crippen LogP contribution in [0, 0.1) is 0 Å². The van der Waals surface area contributed by atoms with Crippen molar-refractivity contribution in [1.82, 2.24) is 10.2 Å². The van der Waals surface area contributed by atoms with Crippen molar-refractivity contribution in [2.24, 2.45) is 0 Å². The van der Waals surface area contributed by atoms with Crippen LogP contribution >= 0.6 is 15.9 Å². The fourth-order valence-electron chi connectivity index (χ4n) is 1.56. The van der Waals surface area contributed by atoms with Crippen LogP contribution in [0.4, 0.5) is 4.79 Å². The van der Waals surface area contributed by atoms with Crippen LogP contribution in [0.1, 0.15) is 19.4 Å². The third kappa shape index (κ3) is 5.30. The zero-order valence-corrected chi connectivity index (χ0v) is 12.5. The number of carbonyl (C=O) groups is 2. The van der Waals surface area contributed by atoms with Crippen molar-refractivity contribution in [3.8, 4) is 0 Å². The van der Waals surface area contributed by atoms with Gasteiger partial charge in [-0.1, -0.05) is 28.1 Å². The molecule has 0 aliphatic carbocycles. The van der Waals surface area contributed by atoms with E-state index in [1.54, 1.807) is 13.8 Å². The first kappa shape index (κ1) is 15.5. The van der Waals surface area contributed by atoms with Gasteiger partial charge in [-0.3, -0.25) is 4.79 Å². The van der Waals surface area contributed by atoms with Gasteiger partial charge >= 0.3 is 12.0 Å². The summed E-state index contributed by atoms with van der Waals surface area (Å²) in [4.78, 5) is 23.9. The van der Waals surface area contributed by atoms with E-state index in [4.69, 9.17) is 5.11 Å². The molecule has 0 spiro atoms. The highest BCUT2D eigenvalue weighted by molar-refractivity contribution is 9.10. The molecule has 0 aliphatic heterocycles. The predicted octanol–water partition coefficient (Wildman–Crippen LogP) is 2.45. The molecule has 104 valence electrons. The van der Waals surface area contributed by atoms with Crippen LogP contribution in [0.15, 0.2) is 28.7 Å². The molecule has 2 amide bonds. The number of carboxylic acid groups (broad SMARTS) is 1. The lowest BCUT2D eigenvalue weighted by Crippen LogP contribution is -2.46. The van der Waals surface area contributed by atoms with E-state index in [1.807, 2.05) is 24.3 Å². The lowest BCUT2D eigenvalue weighted by Gasteiger charge is -2.25. The van der Waals surface area contributed by atoms with Gasteiger partial charge in [-0.2, -0.15) is 0 Å². The summed E-state index contributed by atoms with van der Waals surface area (Å²) in [5.74, 6) is -1.02. The Balaban J connectivity index is 2.59. The summed E-state index contributed by atoms with van der Waals surface area (Å²) in [6.07, 6.45) is 0. The number of carboxylic acids is 1. The van der Waals surface area contributed by atoms with Crippen molar-refractivity contribution in [1.29, 1.82) is 0 Å². The van der Waals surface area contributed by atoms with Crippen molar-refractivity contribution in [2.45, 2.75) is 26.4 Å². The third-order valence-corrected chi connectivity index (χ3v) is 3.02. The van der Waals surface area contributed by atoms with Crippen molar-refractivity contribution in [2.75, 3.05) is 6.54 Å². The number of amides is 2. The Labute approximate surface area is 120 Å². The Bertz CT molecular complexity index is 463. The third-order valence-electron chi connectivity index (χ3n) is 2.52. The normalized spacial score (nSPS) is 10.3. The molecule has 0 aliphatic rings. The van der Waals surface area contributed by atoms with Crippen LogP contribution in [0.5, 0.6) is 0 Å². The standard InChI is InChI=1S/C13H17BrN2O3/c1-9(2)16(8-12(17)18)13(19)15-7-10-4-3-5-11(14)6-10/h3-6,9H,7-8H2,1-2H3,(H,15,19)(H,17,18). The van der Waals surface area contributed by atoms with Crippen LogP contribution in [-0.4, -0.2) is 34.6 Å². The average molecular weight is 329 g/mol. The highest BCUT2D eigenvalue weighted by atomic mass is 79.9. The lowest BCUT2D eigenvalue weighted by molar-refractivity contribution is -0.138. The minimum absolute atomic E-state index is 0.168. The van der Waals surface area contributed by atoms with Gasteiger partial charge in [0.05, 0.1) is 0 Å². The fraction of sp³-hybridized carbons (Fsp3) is 0.385. The Hall–Kier alpha value is -1.56. The quantitative estimate of drug-likeness (QED) is 0.872. The van der Waals surface area contributed by atoms with Gasteiger partial charge in [-0.05, 0) is 31.5 Å². The van der Waals surface area contributed by atoms with Crippen molar-refractivity contribution < 1.29 is 14.7 Å². The molecule has 6 heteroatoms. The summed E-state index contributed by atoms with van der Waals surface area (Å²) >= 11 is 3.35. The largest absolute Gasteiger partial charge is 0.480 e. The van der Waals surface area contributed by atoms with Gasteiger partial charge in [0.25, 0.3) is 0 Å². The molecule has 2 N–H and O–H groups in total. The van der Waals surface area contributed by atoms with Crippen molar-refractivity contribution in [3.05, 3.63) is 34.3 Å². The molecule has 0 heterocycles. The van der Waals surface area contributed by atoms with Crippen LogP contribution < -0.4 is 5.32 Å². The SMILES string of the molecule is CC(C)N(CC(=O)O)C(=O)NCc1cccc(Br)c1. The maximum atomic E-state index is 11.9. The summed E-state index contributed by atoms with van der Waals surface area (Å²) < 4.78 is 0.936. The molecule has 1 aromatic carbocycles. The topological polar surface area (TPSA) is 69.6 Å². The maximum Gasteiger partial charge on any atom is 0.323 e. The summed E-state index contributed by atoms with van der Waals surface area (Å²) in [6.45, 7) is 3.62. The molecule has 0 bridgehead atoms. The molecule has 1 rings (SSSR count). The molecule has 19 heavy (non-hydrogen) atoms. The van der Waals surface area contributed by atoms with E-state index in [0.717, 1.165) is 10.0 Å². The van der Waals surface area contributed by atoms with Gasteiger partial charge in [0.1, 0.15) is 6.54 Å². The monoisotopic (exact) mass is 328 g/mol. The highest BCUT2D eigenvalue weighted by Crippen LogP contribution is 2.11. The summed E-state index contributed by atoms with van der Waals surface area (Å²) in [5.41, 5.74) is 0.946. The molecule has 0 fully saturated rings. The van der Waals surface area contributed by atoms with Gasteiger partial charge in [-0.25, -0.2) is 4.79 Å². The number of aliphatic carboxylic acids is 1. The summed E-state index contributed by atoms with van der Waals surface area (Å²) in [5, 5.41) is 11.5. The van der Waals surface area contributed by atoms with Gasteiger partial charge in [-0.15, -0.1) is 0 Å². The number of rotatable bonds is 5. The molecule has 0 saturated carbocycles. The molecular weight excluding hydrogens is 312 g/mol. The number of halogens is 1. The van der Waals surface area contributed by atoms with E-state index in [9.17, 15) is 9.59 Å². The molecule has 0 radical (unpaired) electrons. The Morgan fingerprint density at radius 3 is 2.63 bits per heavy atom. The van der Waals surface area contributed by atoms with Crippen molar-refractivity contribution in [3.63, 3.8) is 0 Å². The number of benzene rings is 1. The molecule has 0 unspecified atom stereocenters. The van der Waals surface area contributed by atoms with E-state index in [1.165, 1.54) is 4.90 Å². The first-order valence-corrected chi connectivity index (χ1v) is 6.70. The first-order chi connectivity index (χ1) is 8.90. The van der Waals surface area contributed by atoms with E-state index >= 15 is 0 Å². The smallest absolute Gasteiger partial charge is 0.323 e. The number of carbonyl (C=O) groups excluding carboxylic acids is 1. The Morgan fingerprint density at radius 2 is 2.11 bits per heavy atom. The number of hydrogen-bond acceptors (Lipinski definition) is 2. The molecule has 0 saturated heterocycles. The van der Waals surface area contributed by atoms with E-state index < -0.39 is 5.97 Å². The van der Waals surface area contributed by atoms with Gasteiger partial charge < -0.3 is 15.3 Å². The van der Waals surface area contributed by atoms with Gasteiger partial charge in [0.2, 0.25) is 0 Å². The second kappa shape index (κ2) is 7.13. The van der Waals surface area contributed by atoms with Crippen molar-refractivity contribution >= 4 is 27.9 Å². The van der Waals surface area contributed by atoms with Crippen LogP contribution in [-0.2, 0) is 11.3 Å². The number of urea groups is 1. The Morgan fingerprint density at radius 1 is 1.42 bits per heavy atom. The fourth-order valence-corrected chi connectivity index (χ4v) is 2.01. The predicted molar refractivity (Wildman–Crippen MR) is 75.9 cm³/mol. The van der Waals surface area contributed by atoms with Crippen LogP contribution in [0.25, 0.3) is 0 Å². The van der Waals surface area contributed by atoms with E-state index in [2.05, 4.69) is 21.2 Å². The second-order valence-corrected chi connectivity index (χ2v) is 5.32. The summed E-state index contributed by atoms with van der Waals surface area (Å²) in [7, 11) is 0. The summed E-state index contributed by atoms with van der Waals surface area (Å²) in [6, 6.07) is 7.02. The highest BCUT2D eigenvalue weighted by Gasteiger charge is 2.19. The van der Waals surface area contributed by atoms with E-state index in [-0.39, 0.29) is 18.6 Å². The van der Waals surface area contributed by atoms with Gasteiger partial charge in [0.15, 0.2) is 0 Å². The van der Waals surface area contributed by atoms with Crippen LogP contribution in [0.3, 0.4) is 0 Å². The Kier molecular flexibility index (Phi) is 5.82.